The van der Waals surface area contributed by atoms with E-state index in [1.54, 1.807) is 0 Å². The normalized spacial score (nSPS) is 10.7. The summed E-state index contributed by atoms with van der Waals surface area (Å²) in [6.07, 6.45) is 0. The number of rotatable bonds is 8. The first kappa shape index (κ1) is 19.8. The lowest BCUT2D eigenvalue weighted by molar-refractivity contribution is 0.102. The number of thioether (sulfide) groups is 1. The van der Waals surface area contributed by atoms with Gasteiger partial charge in [-0.2, -0.15) is 0 Å². The Morgan fingerprint density at radius 3 is 2.27 bits per heavy atom. The molecule has 0 unspecified atom stereocenters. The van der Waals surface area contributed by atoms with Crippen LogP contribution in [0.3, 0.4) is 0 Å². The van der Waals surface area contributed by atoms with E-state index in [1.165, 1.54) is 36.0 Å². The molecule has 4 rings (SSSR count). The Bertz CT molecular complexity index is 1120. The number of Topliss-reactive ketones (excluding diaryl/α,β-unsaturated/α-hetero) is 1. The van der Waals surface area contributed by atoms with E-state index in [0.29, 0.717) is 17.3 Å². The van der Waals surface area contributed by atoms with Crippen molar-refractivity contribution in [3.63, 3.8) is 0 Å². The second-order valence-corrected chi connectivity index (χ2v) is 7.45. The summed E-state index contributed by atoms with van der Waals surface area (Å²) in [7, 11) is 0. The van der Waals surface area contributed by atoms with Gasteiger partial charge < -0.3 is 5.32 Å². The number of aromatic nitrogens is 3. The van der Waals surface area contributed by atoms with Gasteiger partial charge in [0.05, 0.1) is 12.3 Å². The summed E-state index contributed by atoms with van der Waals surface area (Å²) < 4.78 is 15.0. The lowest BCUT2D eigenvalue weighted by Gasteiger charge is -2.11. The molecule has 4 aromatic rings. The zero-order valence-corrected chi connectivity index (χ0v) is 16.8. The van der Waals surface area contributed by atoms with E-state index < -0.39 is 0 Å². The third kappa shape index (κ3) is 4.75. The molecule has 150 valence electrons. The van der Waals surface area contributed by atoms with Crippen LogP contribution in [0.25, 0.3) is 5.69 Å². The third-order valence-corrected chi connectivity index (χ3v) is 5.37. The molecule has 0 aliphatic carbocycles. The van der Waals surface area contributed by atoms with Crippen molar-refractivity contribution < 1.29 is 9.18 Å². The summed E-state index contributed by atoms with van der Waals surface area (Å²) in [5.41, 5.74) is 2.38. The number of carbonyl (C=O) groups is 1. The van der Waals surface area contributed by atoms with E-state index in [0.717, 1.165) is 17.2 Å². The molecule has 0 saturated carbocycles. The number of carbonyl (C=O) groups excluding carboxylic acids is 1. The average molecular weight is 418 g/mol. The number of ketones is 1. The van der Waals surface area contributed by atoms with E-state index in [-0.39, 0.29) is 17.4 Å². The van der Waals surface area contributed by atoms with Crippen molar-refractivity contribution in [2.24, 2.45) is 0 Å². The molecule has 0 aliphatic rings. The number of hydrogen-bond acceptors (Lipinski definition) is 5. The highest BCUT2D eigenvalue weighted by molar-refractivity contribution is 7.99. The van der Waals surface area contributed by atoms with Crippen molar-refractivity contribution >= 4 is 23.2 Å². The Kier molecular flexibility index (Phi) is 6.20. The van der Waals surface area contributed by atoms with Gasteiger partial charge in [0, 0.05) is 16.9 Å². The summed E-state index contributed by atoms with van der Waals surface area (Å²) in [5, 5.41) is 12.6. The highest BCUT2D eigenvalue weighted by Crippen LogP contribution is 2.23. The van der Waals surface area contributed by atoms with Crippen molar-refractivity contribution in [2.75, 3.05) is 11.1 Å². The van der Waals surface area contributed by atoms with Gasteiger partial charge >= 0.3 is 0 Å². The van der Waals surface area contributed by atoms with Gasteiger partial charge in [-0.3, -0.25) is 9.36 Å². The molecule has 0 saturated heterocycles. The monoisotopic (exact) mass is 418 g/mol. The second kappa shape index (κ2) is 9.37. The number of halogens is 1. The lowest BCUT2D eigenvalue weighted by atomic mass is 10.1. The highest BCUT2D eigenvalue weighted by atomic mass is 32.2. The fourth-order valence-electron chi connectivity index (χ4n) is 2.93. The van der Waals surface area contributed by atoms with Crippen molar-refractivity contribution in [2.45, 2.75) is 11.7 Å². The van der Waals surface area contributed by atoms with Crippen LogP contribution in [0.2, 0.25) is 0 Å². The minimum absolute atomic E-state index is 0.0911. The van der Waals surface area contributed by atoms with Crippen LogP contribution in [0.4, 0.5) is 10.1 Å². The van der Waals surface area contributed by atoms with Crippen LogP contribution >= 0.6 is 11.8 Å². The van der Waals surface area contributed by atoms with Crippen LogP contribution in [0, 0.1) is 5.82 Å². The molecular weight excluding hydrogens is 399 g/mol. The average Bonchev–Trinajstić information content (AvgIpc) is 3.20. The van der Waals surface area contributed by atoms with Crippen molar-refractivity contribution in [1.29, 1.82) is 0 Å². The van der Waals surface area contributed by atoms with Gasteiger partial charge in [0.2, 0.25) is 0 Å². The van der Waals surface area contributed by atoms with Crippen LogP contribution in [0.5, 0.6) is 0 Å². The first-order valence-electron chi connectivity index (χ1n) is 9.41. The quantitative estimate of drug-likeness (QED) is 0.323. The Hall–Kier alpha value is -3.45. The van der Waals surface area contributed by atoms with E-state index in [9.17, 15) is 9.18 Å². The number of hydrogen-bond donors (Lipinski definition) is 1. The van der Waals surface area contributed by atoms with Crippen molar-refractivity contribution in [3.05, 3.63) is 102 Å². The molecule has 0 atom stereocenters. The Labute approximate surface area is 178 Å². The molecule has 0 spiro atoms. The molecule has 0 bridgehead atoms. The maximum absolute atomic E-state index is 13.1. The number of anilines is 1. The number of para-hydroxylation sites is 2. The number of nitrogens with zero attached hydrogens (tertiary/aromatic N) is 3. The molecule has 0 radical (unpaired) electrons. The van der Waals surface area contributed by atoms with Crippen LogP contribution in [-0.2, 0) is 6.54 Å². The van der Waals surface area contributed by atoms with Crippen LogP contribution < -0.4 is 5.32 Å². The molecule has 3 aromatic carbocycles. The molecule has 1 heterocycles. The fraction of sp³-hybridized carbons (Fsp3) is 0.0870. The Morgan fingerprint density at radius 1 is 0.900 bits per heavy atom. The Balaban J connectivity index is 1.54. The van der Waals surface area contributed by atoms with Gasteiger partial charge in [-0.25, -0.2) is 4.39 Å². The fourth-order valence-corrected chi connectivity index (χ4v) is 3.80. The SMILES string of the molecule is O=C(CSc1nnc(CNc2ccccc2)n1-c1ccccc1)c1ccc(F)cc1. The summed E-state index contributed by atoms with van der Waals surface area (Å²) in [4.78, 5) is 12.5. The maximum atomic E-state index is 13.1. The zero-order valence-electron chi connectivity index (χ0n) is 16.0. The second-order valence-electron chi connectivity index (χ2n) is 6.51. The predicted octanol–water partition coefficient (Wildman–Crippen LogP) is 4.99. The summed E-state index contributed by atoms with van der Waals surface area (Å²) in [5.74, 6) is 0.467. The molecule has 7 heteroatoms. The van der Waals surface area contributed by atoms with Crippen molar-refractivity contribution in [3.8, 4) is 5.69 Å². The van der Waals surface area contributed by atoms with E-state index in [4.69, 9.17) is 0 Å². The first-order valence-corrected chi connectivity index (χ1v) is 10.4. The molecule has 5 nitrogen and oxygen atoms in total. The maximum Gasteiger partial charge on any atom is 0.196 e. The van der Waals surface area contributed by atoms with Gasteiger partial charge in [0.1, 0.15) is 5.82 Å². The van der Waals surface area contributed by atoms with Crippen LogP contribution in [0.15, 0.2) is 90.1 Å². The van der Waals surface area contributed by atoms with Crippen LogP contribution in [0.1, 0.15) is 16.2 Å². The lowest BCUT2D eigenvalue weighted by Crippen LogP contribution is -2.09. The smallest absolute Gasteiger partial charge is 0.196 e. The van der Waals surface area contributed by atoms with Gasteiger partial charge in [-0.15, -0.1) is 10.2 Å². The highest BCUT2D eigenvalue weighted by Gasteiger charge is 2.16. The van der Waals surface area contributed by atoms with Gasteiger partial charge in [0.15, 0.2) is 16.8 Å². The van der Waals surface area contributed by atoms with Gasteiger partial charge in [-0.1, -0.05) is 48.2 Å². The van der Waals surface area contributed by atoms with Gasteiger partial charge in [-0.05, 0) is 48.5 Å². The number of nitrogens with one attached hydrogen (secondary N) is 1. The van der Waals surface area contributed by atoms with Crippen LogP contribution in [-0.4, -0.2) is 26.3 Å². The standard InChI is InChI=1S/C23H19FN4OS/c24-18-13-11-17(12-14-18)21(29)16-30-23-27-26-22(15-25-19-7-3-1-4-8-19)28(23)20-9-5-2-6-10-20/h1-14,25H,15-16H2. The largest absolute Gasteiger partial charge is 0.378 e. The summed E-state index contributed by atoms with van der Waals surface area (Å²) >= 11 is 1.31. The predicted molar refractivity (Wildman–Crippen MR) is 117 cm³/mol. The Morgan fingerprint density at radius 2 is 1.57 bits per heavy atom. The molecule has 30 heavy (non-hydrogen) atoms. The summed E-state index contributed by atoms with van der Waals surface area (Å²) in [6, 6.07) is 25.2. The summed E-state index contributed by atoms with van der Waals surface area (Å²) in [6.45, 7) is 0.485. The van der Waals surface area contributed by atoms with E-state index >= 15 is 0 Å². The third-order valence-electron chi connectivity index (χ3n) is 4.44. The zero-order chi connectivity index (χ0) is 20.8. The molecular formula is C23H19FN4OS. The van der Waals surface area contributed by atoms with E-state index in [2.05, 4.69) is 15.5 Å². The van der Waals surface area contributed by atoms with E-state index in [1.807, 2.05) is 65.2 Å². The minimum atomic E-state index is -0.362. The molecule has 0 aliphatic heterocycles. The molecule has 0 amide bonds. The first-order chi connectivity index (χ1) is 14.7. The molecule has 1 aromatic heterocycles. The van der Waals surface area contributed by atoms with Gasteiger partial charge in [0.25, 0.3) is 0 Å². The van der Waals surface area contributed by atoms with Crippen molar-refractivity contribution in [1.82, 2.24) is 14.8 Å². The topological polar surface area (TPSA) is 59.8 Å². The molecule has 0 fully saturated rings. The minimum Gasteiger partial charge on any atom is -0.378 e. The molecule has 1 N–H and O–H groups in total. The number of benzene rings is 3.